The van der Waals surface area contributed by atoms with E-state index in [0.717, 1.165) is 50.0 Å². The molecule has 36 heavy (non-hydrogen) atoms. The SMILES string of the molecule is Cc1ccccc1-c1ccccc1Nc1ccc2oc3ccc(-n4cnc5ccccc54)cc3c2c1. The lowest BCUT2D eigenvalue weighted by molar-refractivity contribution is 0.669. The van der Waals surface area contributed by atoms with Crippen molar-refractivity contribution in [1.82, 2.24) is 9.55 Å². The molecule has 0 saturated carbocycles. The Balaban J connectivity index is 1.32. The van der Waals surface area contributed by atoms with Crippen molar-refractivity contribution >= 4 is 44.3 Å². The molecule has 0 unspecified atom stereocenters. The van der Waals surface area contributed by atoms with E-state index in [2.05, 4.69) is 101 Å². The summed E-state index contributed by atoms with van der Waals surface area (Å²) in [5.41, 5.74) is 10.6. The highest BCUT2D eigenvalue weighted by Gasteiger charge is 2.12. The van der Waals surface area contributed by atoms with Crippen LogP contribution < -0.4 is 5.32 Å². The van der Waals surface area contributed by atoms with Gasteiger partial charge in [-0.1, -0.05) is 54.6 Å². The molecular formula is C32H23N3O. The molecule has 7 rings (SSSR count). The summed E-state index contributed by atoms with van der Waals surface area (Å²) in [4.78, 5) is 4.55. The summed E-state index contributed by atoms with van der Waals surface area (Å²) in [7, 11) is 0. The van der Waals surface area contributed by atoms with Crippen molar-refractivity contribution in [2.24, 2.45) is 0 Å². The van der Waals surface area contributed by atoms with Crippen molar-refractivity contribution in [1.29, 1.82) is 0 Å². The number of rotatable bonds is 4. The Morgan fingerprint density at radius 1 is 0.694 bits per heavy atom. The van der Waals surface area contributed by atoms with Crippen molar-refractivity contribution in [3.63, 3.8) is 0 Å². The summed E-state index contributed by atoms with van der Waals surface area (Å²) in [6.45, 7) is 2.15. The number of imidazole rings is 1. The highest BCUT2D eigenvalue weighted by atomic mass is 16.3. The zero-order valence-electron chi connectivity index (χ0n) is 19.8. The average Bonchev–Trinajstić information content (AvgIpc) is 3.50. The minimum atomic E-state index is 0.871. The number of hydrogen-bond acceptors (Lipinski definition) is 3. The topological polar surface area (TPSA) is 43.0 Å². The van der Waals surface area contributed by atoms with Gasteiger partial charge in [0.25, 0.3) is 0 Å². The van der Waals surface area contributed by atoms with Crippen LogP contribution in [0.15, 0.2) is 120 Å². The predicted octanol–water partition coefficient (Wildman–Crippen LogP) is 8.64. The number of fused-ring (bicyclic) bond motifs is 4. The van der Waals surface area contributed by atoms with Crippen LogP contribution in [0.3, 0.4) is 0 Å². The summed E-state index contributed by atoms with van der Waals surface area (Å²) in [5.74, 6) is 0. The maximum Gasteiger partial charge on any atom is 0.135 e. The molecule has 5 aromatic carbocycles. The largest absolute Gasteiger partial charge is 0.456 e. The lowest BCUT2D eigenvalue weighted by atomic mass is 9.99. The fraction of sp³-hybridized carbons (Fsp3) is 0.0312. The lowest BCUT2D eigenvalue weighted by Crippen LogP contribution is -1.94. The van der Waals surface area contributed by atoms with Crippen LogP contribution in [0.5, 0.6) is 0 Å². The van der Waals surface area contributed by atoms with E-state index in [1.54, 1.807) is 0 Å². The molecule has 2 aromatic heterocycles. The normalized spacial score (nSPS) is 11.5. The molecular weight excluding hydrogens is 442 g/mol. The fourth-order valence-electron chi connectivity index (χ4n) is 5.02. The molecule has 0 bridgehead atoms. The maximum absolute atomic E-state index is 6.17. The summed E-state index contributed by atoms with van der Waals surface area (Å²) in [5, 5.41) is 5.81. The van der Waals surface area contributed by atoms with E-state index < -0.39 is 0 Å². The van der Waals surface area contributed by atoms with E-state index in [1.165, 1.54) is 16.7 Å². The number of aryl methyl sites for hydroxylation is 1. The fourth-order valence-corrected chi connectivity index (χ4v) is 5.02. The number of benzene rings is 5. The van der Waals surface area contributed by atoms with E-state index in [4.69, 9.17) is 4.42 Å². The highest BCUT2D eigenvalue weighted by Crippen LogP contribution is 2.36. The van der Waals surface area contributed by atoms with E-state index in [9.17, 15) is 0 Å². The standard InChI is InChI=1S/C32H23N3O/c1-21-8-2-3-9-24(21)25-10-4-5-11-28(25)34-22-14-16-31-26(18-22)27-19-23(15-17-32(27)36-31)35-20-33-29-12-6-7-13-30(29)35/h2-20,34H,1H3. The maximum atomic E-state index is 6.17. The number of anilines is 2. The van der Waals surface area contributed by atoms with Gasteiger partial charge in [0.05, 0.1) is 11.0 Å². The lowest BCUT2D eigenvalue weighted by Gasteiger charge is -2.14. The molecule has 0 spiro atoms. The second-order valence-corrected chi connectivity index (χ2v) is 9.08. The first-order chi connectivity index (χ1) is 17.7. The van der Waals surface area contributed by atoms with Gasteiger partial charge >= 0.3 is 0 Å². The molecule has 0 fully saturated rings. The molecule has 4 heteroatoms. The minimum absolute atomic E-state index is 0.871. The average molecular weight is 466 g/mol. The predicted molar refractivity (Wildman–Crippen MR) is 148 cm³/mol. The third-order valence-electron chi connectivity index (χ3n) is 6.83. The third-order valence-corrected chi connectivity index (χ3v) is 6.83. The van der Waals surface area contributed by atoms with Crippen LogP contribution in [-0.4, -0.2) is 9.55 Å². The number of nitrogens with one attached hydrogen (secondary N) is 1. The van der Waals surface area contributed by atoms with E-state index in [-0.39, 0.29) is 0 Å². The molecule has 0 aliphatic heterocycles. The van der Waals surface area contributed by atoms with E-state index >= 15 is 0 Å². The Hall–Kier alpha value is -4.83. The van der Waals surface area contributed by atoms with Crippen LogP contribution >= 0.6 is 0 Å². The van der Waals surface area contributed by atoms with Crippen molar-refractivity contribution in [3.8, 4) is 16.8 Å². The van der Waals surface area contributed by atoms with Crippen LogP contribution in [-0.2, 0) is 0 Å². The Morgan fingerprint density at radius 3 is 2.31 bits per heavy atom. The van der Waals surface area contributed by atoms with Gasteiger partial charge in [0.1, 0.15) is 17.5 Å². The van der Waals surface area contributed by atoms with Crippen LogP contribution in [0.2, 0.25) is 0 Å². The van der Waals surface area contributed by atoms with E-state index in [1.807, 2.05) is 36.7 Å². The van der Waals surface area contributed by atoms with Gasteiger partial charge in [0.15, 0.2) is 0 Å². The van der Waals surface area contributed by atoms with E-state index in [0.29, 0.717) is 0 Å². The Kier molecular flexibility index (Phi) is 4.64. The molecule has 0 aliphatic carbocycles. The molecule has 0 radical (unpaired) electrons. The molecule has 0 atom stereocenters. The Labute approximate surface area is 208 Å². The number of furan rings is 1. The summed E-state index contributed by atoms with van der Waals surface area (Å²) >= 11 is 0. The molecule has 2 heterocycles. The number of aromatic nitrogens is 2. The number of nitrogens with zero attached hydrogens (tertiary/aromatic N) is 2. The van der Waals surface area contributed by atoms with Gasteiger partial charge in [0.2, 0.25) is 0 Å². The van der Waals surface area contributed by atoms with Crippen molar-refractivity contribution in [2.45, 2.75) is 6.92 Å². The van der Waals surface area contributed by atoms with Crippen LogP contribution in [0.4, 0.5) is 11.4 Å². The first kappa shape index (κ1) is 20.5. The van der Waals surface area contributed by atoms with Gasteiger partial charge in [0, 0.05) is 33.4 Å². The highest BCUT2D eigenvalue weighted by molar-refractivity contribution is 6.07. The zero-order chi connectivity index (χ0) is 24.1. The molecule has 172 valence electrons. The van der Waals surface area contributed by atoms with Crippen molar-refractivity contribution in [2.75, 3.05) is 5.32 Å². The Bertz CT molecular complexity index is 1890. The van der Waals surface area contributed by atoms with Crippen LogP contribution in [0.25, 0.3) is 49.8 Å². The minimum Gasteiger partial charge on any atom is -0.456 e. The first-order valence-corrected chi connectivity index (χ1v) is 12.1. The number of para-hydroxylation sites is 3. The molecule has 0 aliphatic rings. The van der Waals surface area contributed by atoms with Gasteiger partial charge < -0.3 is 9.73 Å². The second kappa shape index (κ2) is 8.14. The molecule has 1 N–H and O–H groups in total. The van der Waals surface area contributed by atoms with Crippen molar-refractivity contribution in [3.05, 3.63) is 121 Å². The van der Waals surface area contributed by atoms with Crippen molar-refractivity contribution < 1.29 is 4.42 Å². The molecule has 0 amide bonds. The zero-order valence-corrected chi connectivity index (χ0v) is 19.8. The first-order valence-electron chi connectivity index (χ1n) is 12.1. The summed E-state index contributed by atoms with van der Waals surface area (Å²) in [6, 6.07) is 37.7. The monoisotopic (exact) mass is 465 g/mol. The molecule has 7 aromatic rings. The molecule has 0 saturated heterocycles. The smallest absolute Gasteiger partial charge is 0.135 e. The third kappa shape index (κ3) is 3.35. The summed E-state index contributed by atoms with van der Waals surface area (Å²) in [6.07, 6.45) is 1.88. The second-order valence-electron chi connectivity index (χ2n) is 9.08. The number of hydrogen-bond donors (Lipinski definition) is 1. The van der Waals surface area contributed by atoms with Crippen LogP contribution in [0.1, 0.15) is 5.56 Å². The van der Waals surface area contributed by atoms with Gasteiger partial charge in [-0.05, 0) is 72.6 Å². The van der Waals surface area contributed by atoms with Gasteiger partial charge in [-0.3, -0.25) is 4.57 Å². The van der Waals surface area contributed by atoms with Gasteiger partial charge in [-0.25, -0.2) is 4.98 Å². The van der Waals surface area contributed by atoms with Gasteiger partial charge in [-0.2, -0.15) is 0 Å². The Morgan fingerprint density at radius 2 is 1.42 bits per heavy atom. The van der Waals surface area contributed by atoms with Gasteiger partial charge in [-0.15, -0.1) is 0 Å². The molecule has 4 nitrogen and oxygen atoms in total. The van der Waals surface area contributed by atoms with Crippen LogP contribution in [0, 0.1) is 6.92 Å². The summed E-state index contributed by atoms with van der Waals surface area (Å²) < 4.78 is 8.29. The quantitative estimate of drug-likeness (QED) is 0.283.